The minimum Gasteiger partial charge on any atom is -0.388 e. The number of allylic oxidation sites excluding steroid dienone is 1. The van der Waals surface area contributed by atoms with Gasteiger partial charge in [0, 0.05) is 6.04 Å². The maximum absolute atomic E-state index is 9.86. The van der Waals surface area contributed by atoms with Crippen molar-refractivity contribution in [1.82, 2.24) is 0 Å². The number of hydrogen-bond acceptors (Lipinski definition) is 6. The Morgan fingerprint density at radius 2 is 1.88 bits per heavy atom. The number of aliphatic hydroxyl groups excluding tert-OH is 3. The van der Waals surface area contributed by atoms with Crippen LogP contribution in [-0.4, -0.2) is 57.0 Å². The molecule has 0 aromatic heterocycles. The van der Waals surface area contributed by atoms with Crippen LogP contribution in [0.3, 0.4) is 0 Å². The fourth-order valence-electron chi connectivity index (χ4n) is 2.12. The number of hydrogen-bond donors (Lipinski definition) is 4. The Hall–Kier alpha value is -0.110. The number of fused-ring (bicyclic) bond motifs is 2. The highest BCUT2D eigenvalue weighted by Crippen LogP contribution is 2.31. The molecule has 6 heteroatoms. The highest BCUT2D eigenvalue weighted by Gasteiger charge is 2.45. The molecule has 2 aliphatic rings. The molecule has 5 unspecified atom stereocenters. The summed E-state index contributed by atoms with van der Waals surface area (Å²) in [6, 6.07) is -0.371. The van der Waals surface area contributed by atoms with Crippen LogP contribution < -0.4 is 5.73 Å². The lowest BCUT2D eigenvalue weighted by molar-refractivity contribution is -0.202. The number of aliphatic hydroxyl groups is 3. The first kappa shape index (κ1) is 13.3. The molecule has 5 nitrogen and oxygen atoms in total. The molecule has 5 N–H and O–H groups in total. The maximum Gasteiger partial charge on any atom is 0.132 e. The van der Waals surface area contributed by atoms with E-state index in [0.29, 0.717) is 6.42 Å². The van der Waals surface area contributed by atoms with Crippen molar-refractivity contribution < 1.29 is 20.1 Å². The minimum atomic E-state index is -1.19. The van der Waals surface area contributed by atoms with Gasteiger partial charge in [0.05, 0.1) is 0 Å². The van der Waals surface area contributed by atoms with E-state index in [1.807, 2.05) is 12.2 Å². The molecule has 2 rings (SSSR count). The molecule has 0 spiro atoms. The Morgan fingerprint density at radius 3 is 2.65 bits per heavy atom. The smallest absolute Gasteiger partial charge is 0.132 e. The van der Waals surface area contributed by atoms with Crippen LogP contribution in [0.25, 0.3) is 0 Å². The summed E-state index contributed by atoms with van der Waals surface area (Å²) in [5.41, 5.74) is 5.42. The fraction of sp³-hybridized carbons (Fsp3) is 0.818. The van der Waals surface area contributed by atoms with Gasteiger partial charge in [-0.05, 0) is 18.6 Å². The third kappa shape index (κ3) is 2.83. The molecule has 17 heavy (non-hydrogen) atoms. The zero-order valence-corrected chi connectivity index (χ0v) is 10.3. The monoisotopic (exact) mass is 261 g/mol. The van der Waals surface area contributed by atoms with Crippen molar-refractivity contribution in [3.63, 3.8) is 0 Å². The van der Waals surface area contributed by atoms with Gasteiger partial charge in [0.25, 0.3) is 0 Å². The molecule has 0 aromatic carbocycles. The van der Waals surface area contributed by atoms with E-state index in [4.69, 9.17) is 10.5 Å². The average molecular weight is 261 g/mol. The first-order valence-corrected chi connectivity index (χ1v) is 6.88. The van der Waals surface area contributed by atoms with Crippen LogP contribution in [-0.2, 0) is 4.74 Å². The molecule has 2 heterocycles. The van der Waals surface area contributed by atoms with E-state index in [2.05, 4.69) is 0 Å². The SMILES string of the molecule is N[C@@H]1C/C=C\CCSC2OC1C(O)C(O)C2O. The van der Waals surface area contributed by atoms with Crippen LogP contribution in [0.1, 0.15) is 12.8 Å². The van der Waals surface area contributed by atoms with Crippen molar-refractivity contribution in [2.24, 2.45) is 5.73 Å². The Bertz CT molecular complexity index is 289. The fourth-order valence-corrected chi connectivity index (χ4v) is 3.19. The van der Waals surface area contributed by atoms with E-state index < -0.39 is 29.9 Å². The summed E-state index contributed by atoms with van der Waals surface area (Å²) in [7, 11) is 0. The normalized spacial score (nSPS) is 49.6. The predicted octanol–water partition coefficient (Wildman–Crippen LogP) is -0.796. The van der Waals surface area contributed by atoms with Crippen LogP contribution in [0.2, 0.25) is 0 Å². The van der Waals surface area contributed by atoms with Crippen LogP contribution in [0.4, 0.5) is 0 Å². The topological polar surface area (TPSA) is 95.9 Å². The summed E-state index contributed by atoms with van der Waals surface area (Å²) in [5.74, 6) is 0.809. The number of thioether (sulfide) groups is 1. The van der Waals surface area contributed by atoms with Gasteiger partial charge in [-0.2, -0.15) is 0 Å². The van der Waals surface area contributed by atoms with Gasteiger partial charge in [-0.25, -0.2) is 0 Å². The summed E-state index contributed by atoms with van der Waals surface area (Å²) in [6.45, 7) is 0. The minimum absolute atomic E-state index is 0.371. The summed E-state index contributed by atoms with van der Waals surface area (Å²) in [6.07, 6.45) is 1.47. The van der Waals surface area contributed by atoms with Crippen molar-refractivity contribution in [2.75, 3.05) is 5.75 Å². The second-order valence-electron chi connectivity index (χ2n) is 4.47. The summed E-state index contributed by atoms with van der Waals surface area (Å²) in [5, 5.41) is 29.5. The lowest BCUT2D eigenvalue weighted by Gasteiger charge is -2.42. The molecule has 2 aliphatic heterocycles. The van der Waals surface area contributed by atoms with Crippen molar-refractivity contribution >= 4 is 11.8 Å². The third-order valence-electron chi connectivity index (χ3n) is 3.17. The van der Waals surface area contributed by atoms with Crippen molar-refractivity contribution in [1.29, 1.82) is 0 Å². The Morgan fingerprint density at radius 1 is 1.12 bits per heavy atom. The molecule has 1 saturated heterocycles. The van der Waals surface area contributed by atoms with E-state index >= 15 is 0 Å². The number of nitrogens with two attached hydrogens (primary N) is 1. The van der Waals surface area contributed by atoms with Gasteiger partial charge in [-0.3, -0.25) is 0 Å². The van der Waals surface area contributed by atoms with E-state index in [-0.39, 0.29) is 6.04 Å². The first-order chi connectivity index (χ1) is 8.11. The van der Waals surface area contributed by atoms with Crippen molar-refractivity contribution in [3.8, 4) is 0 Å². The molecular weight excluding hydrogens is 242 g/mol. The van der Waals surface area contributed by atoms with E-state index in [0.717, 1.165) is 12.2 Å². The average Bonchev–Trinajstić information content (AvgIpc) is 2.33. The summed E-state index contributed by atoms with van der Waals surface area (Å²) >= 11 is 1.44. The highest BCUT2D eigenvalue weighted by molar-refractivity contribution is 7.99. The van der Waals surface area contributed by atoms with Gasteiger partial charge in [-0.15, -0.1) is 11.8 Å². The maximum atomic E-state index is 9.86. The lowest BCUT2D eigenvalue weighted by Crippen LogP contribution is -2.61. The molecule has 0 radical (unpaired) electrons. The molecule has 98 valence electrons. The highest BCUT2D eigenvalue weighted by atomic mass is 32.2. The number of ether oxygens (including phenoxy) is 1. The third-order valence-corrected chi connectivity index (χ3v) is 4.36. The van der Waals surface area contributed by atoms with Crippen LogP contribution in [0.15, 0.2) is 12.2 Å². The summed E-state index contributed by atoms with van der Waals surface area (Å²) in [4.78, 5) is 0. The Labute approximate surface area is 105 Å². The van der Waals surface area contributed by atoms with Gasteiger partial charge in [0.15, 0.2) is 0 Å². The van der Waals surface area contributed by atoms with E-state index in [1.54, 1.807) is 0 Å². The second kappa shape index (κ2) is 5.69. The largest absolute Gasteiger partial charge is 0.388 e. The zero-order valence-electron chi connectivity index (χ0n) is 9.48. The van der Waals surface area contributed by atoms with Gasteiger partial charge in [0.1, 0.15) is 29.9 Å². The quantitative estimate of drug-likeness (QED) is 0.427. The molecule has 6 atom stereocenters. The Kier molecular flexibility index (Phi) is 4.46. The predicted molar refractivity (Wildman–Crippen MR) is 65.5 cm³/mol. The van der Waals surface area contributed by atoms with Crippen molar-refractivity contribution in [3.05, 3.63) is 12.2 Å². The van der Waals surface area contributed by atoms with E-state index in [1.165, 1.54) is 11.8 Å². The molecule has 0 amide bonds. The number of rotatable bonds is 0. The first-order valence-electron chi connectivity index (χ1n) is 5.83. The van der Waals surface area contributed by atoms with E-state index in [9.17, 15) is 15.3 Å². The molecule has 0 aromatic rings. The lowest BCUT2D eigenvalue weighted by atomic mass is 9.93. The van der Waals surface area contributed by atoms with Gasteiger partial charge < -0.3 is 25.8 Å². The molecule has 0 aliphatic carbocycles. The summed E-state index contributed by atoms with van der Waals surface area (Å²) < 4.78 is 5.61. The Balaban J connectivity index is 2.17. The molecular formula is C11H19NO4S. The standard InChI is InChI=1S/C11H19NO4S/c12-6-4-2-1-3-5-17-11-9(15)7(13)8(14)10(6)16-11/h1-2,6-11,13-15H,3-5,12H2/b2-1-/t6-,7?,8?,9?,10?,11?/m1/s1. The molecule has 0 saturated carbocycles. The molecule has 1 fully saturated rings. The second-order valence-corrected chi connectivity index (χ2v) is 5.68. The zero-order chi connectivity index (χ0) is 12.4. The van der Waals surface area contributed by atoms with Crippen LogP contribution in [0, 0.1) is 0 Å². The van der Waals surface area contributed by atoms with Gasteiger partial charge in [-0.1, -0.05) is 12.2 Å². The van der Waals surface area contributed by atoms with Crippen LogP contribution in [0.5, 0.6) is 0 Å². The molecule has 2 bridgehead atoms. The van der Waals surface area contributed by atoms with Crippen molar-refractivity contribution in [2.45, 2.75) is 48.7 Å². The van der Waals surface area contributed by atoms with Gasteiger partial charge >= 0.3 is 0 Å². The van der Waals surface area contributed by atoms with Gasteiger partial charge in [0.2, 0.25) is 0 Å². The van der Waals surface area contributed by atoms with Crippen LogP contribution >= 0.6 is 11.8 Å².